The van der Waals surface area contributed by atoms with Gasteiger partial charge in [-0.05, 0) is 5.56 Å². The Morgan fingerprint density at radius 3 is 2.39 bits per heavy atom. The van der Waals surface area contributed by atoms with Crippen molar-refractivity contribution < 1.29 is 14.7 Å². The molecular weight excluding hydrogens is 372 g/mol. The van der Waals surface area contributed by atoms with E-state index in [0.29, 0.717) is 32.6 Å². The number of rotatable bonds is 6. The van der Waals surface area contributed by atoms with Crippen LogP contribution in [0.2, 0.25) is 0 Å². The third kappa shape index (κ3) is 4.54. The van der Waals surface area contributed by atoms with Gasteiger partial charge in [0, 0.05) is 60.9 Å². The van der Waals surface area contributed by atoms with Gasteiger partial charge in [0.15, 0.2) is 0 Å². The fourth-order valence-corrected chi connectivity index (χ4v) is 5.20. The number of thioether (sulfide) groups is 1. The molecule has 0 spiro atoms. The summed E-state index contributed by atoms with van der Waals surface area (Å²) in [6, 6.07) is 10.3. The molecule has 2 heterocycles. The van der Waals surface area contributed by atoms with Gasteiger partial charge < -0.3 is 14.9 Å². The van der Waals surface area contributed by atoms with E-state index in [1.807, 2.05) is 48.8 Å². The molecule has 0 radical (unpaired) electrons. The Labute approximate surface area is 172 Å². The summed E-state index contributed by atoms with van der Waals surface area (Å²) in [6.45, 7) is 8.22. The lowest BCUT2D eigenvalue weighted by Gasteiger charge is -2.30. The summed E-state index contributed by atoms with van der Waals surface area (Å²) in [5, 5.41) is 10.1. The van der Waals surface area contributed by atoms with E-state index in [4.69, 9.17) is 0 Å². The summed E-state index contributed by atoms with van der Waals surface area (Å²) in [4.78, 5) is 29.1. The van der Waals surface area contributed by atoms with Crippen LogP contribution in [0, 0.1) is 16.7 Å². The zero-order chi connectivity index (χ0) is 20.4. The molecule has 2 aliphatic heterocycles. The number of likely N-dealkylation sites (tertiary alicyclic amines) is 2. The minimum atomic E-state index is -0.416. The Morgan fingerprint density at radius 1 is 1.14 bits per heavy atom. The molecule has 154 valence electrons. The second-order valence-electron chi connectivity index (χ2n) is 9.22. The SMILES string of the molecule is CC(C)(C)C(=O)N1CC2CN(C(=O)CCSCc3ccccc3)CC2(CO)C1. The smallest absolute Gasteiger partial charge is 0.227 e. The van der Waals surface area contributed by atoms with Gasteiger partial charge in [0.05, 0.1) is 6.61 Å². The minimum Gasteiger partial charge on any atom is -0.396 e. The molecule has 0 aliphatic carbocycles. The molecule has 0 saturated carbocycles. The number of aliphatic hydroxyl groups excluding tert-OH is 1. The van der Waals surface area contributed by atoms with Crippen molar-refractivity contribution in [2.24, 2.45) is 16.7 Å². The van der Waals surface area contributed by atoms with E-state index in [2.05, 4.69) is 12.1 Å². The summed E-state index contributed by atoms with van der Waals surface area (Å²) in [7, 11) is 0. The van der Waals surface area contributed by atoms with Crippen LogP contribution in [0.25, 0.3) is 0 Å². The van der Waals surface area contributed by atoms with Crippen LogP contribution in [0.15, 0.2) is 30.3 Å². The predicted octanol–water partition coefficient (Wildman–Crippen LogP) is 2.64. The van der Waals surface area contributed by atoms with Gasteiger partial charge in [-0.2, -0.15) is 11.8 Å². The van der Waals surface area contributed by atoms with Crippen molar-refractivity contribution in [1.82, 2.24) is 9.80 Å². The standard InChI is InChI=1S/C22H32N2O3S/c1-21(2,3)20(27)24-12-18-11-23(14-22(18,15-24)16-25)19(26)9-10-28-13-17-7-5-4-6-8-17/h4-8,18,25H,9-16H2,1-3H3. The summed E-state index contributed by atoms with van der Waals surface area (Å²) in [5.41, 5.74) is 0.507. The van der Waals surface area contributed by atoms with E-state index in [1.54, 1.807) is 11.8 Å². The molecule has 0 aromatic heterocycles. The second kappa shape index (κ2) is 8.46. The van der Waals surface area contributed by atoms with Crippen molar-refractivity contribution in [3.05, 3.63) is 35.9 Å². The van der Waals surface area contributed by atoms with Crippen molar-refractivity contribution in [2.45, 2.75) is 32.9 Å². The van der Waals surface area contributed by atoms with Crippen molar-refractivity contribution in [2.75, 3.05) is 38.5 Å². The van der Waals surface area contributed by atoms with Crippen LogP contribution in [0.1, 0.15) is 32.8 Å². The molecule has 2 aliphatic rings. The molecule has 0 bridgehead atoms. The number of hydrogen-bond acceptors (Lipinski definition) is 4. The number of fused-ring (bicyclic) bond motifs is 1. The molecular formula is C22H32N2O3S. The van der Waals surface area contributed by atoms with Gasteiger partial charge in [-0.15, -0.1) is 0 Å². The molecule has 1 aromatic rings. The van der Waals surface area contributed by atoms with E-state index in [1.165, 1.54) is 5.56 Å². The third-order valence-electron chi connectivity index (χ3n) is 5.93. The van der Waals surface area contributed by atoms with Crippen molar-refractivity contribution in [3.63, 3.8) is 0 Å². The highest BCUT2D eigenvalue weighted by molar-refractivity contribution is 7.98. The van der Waals surface area contributed by atoms with Gasteiger partial charge in [-0.25, -0.2) is 0 Å². The lowest BCUT2D eigenvalue weighted by atomic mass is 9.82. The lowest BCUT2D eigenvalue weighted by molar-refractivity contribution is -0.139. The molecule has 2 fully saturated rings. The van der Waals surface area contributed by atoms with E-state index in [9.17, 15) is 14.7 Å². The van der Waals surface area contributed by atoms with Gasteiger partial charge >= 0.3 is 0 Å². The highest BCUT2D eigenvalue weighted by atomic mass is 32.2. The number of hydrogen-bond donors (Lipinski definition) is 1. The first-order valence-electron chi connectivity index (χ1n) is 10.0. The normalized spacial score (nSPS) is 24.5. The van der Waals surface area contributed by atoms with Crippen LogP contribution >= 0.6 is 11.8 Å². The summed E-state index contributed by atoms with van der Waals surface area (Å²) in [6.07, 6.45) is 0.524. The molecule has 1 N–H and O–H groups in total. The van der Waals surface area contributed by atoms with Crippen LogP contribution in [0.5, 0.6) is 0 Å². The summed E-state index contributed by atoms with van der Waals surface area (Å²) < 4.78 is 0. The molecule has 2 saturated heterocycles. The number of nitrogens with zero attached hydrogens (tertiary/aromatic N) is 2. The Hall–Kier alpha value is -1.53. The van der Waals surface area contributed by atoms with Gasteiger partial charge in [0.1, 0.15) is 0 Å². The zero-order valence-electron chi connectivity index (χ0n) is 17.2. The monoisotopic (exact) mass is 404 g/mol. The van der Waals surface area contributed by atoms with Crippen LogP contribution in [0.4, 0.5) is 0 Å². The largest absolute Gasteiger partial charge is 0.396 e. The summed E-state index contributed by atoms with van der Waals surface area (Å²) >= 11 is 1.78. The average molecular weight is 405 g/mol. The summed E-state index contributed by atoms with van der Waals surface area (Å²) in [5.74, 6) is 2.18. The van der Waals surface area contributed by atoms with Gasteiger partial charge in [-0.1, -0.05) is 51.1 Å². The van der Waals surface area contributed by atoms with Crippen molar-refractivity contribution >= 4 is 23.6 Å². The van der Waals surface area contributed by atoms with Crippen LogP contribution in [-0.2, 0) is 15.3 Å². The fraction of sp³-hybridized carbons (Fsp3) is 0.636. The number of carbonyl (C=O) groups is 2. The zero-order valence-corrected chi connectivity index (χ0v) is 18.0. The molecule has 5 nitrogen and oxygen atoms in total. The molecule has 2 unspecified atom stereocenters. The molecule has 3 rings (SSSR count). The molecule has 2 atom stereocenters. The molecule has 2 amide bonds. The van der Waals surface area contributed by atoms with E-state index < -0.39 is 5.41 Å². The van der Waals surface area contributed by atoms with E-state index >= 15 is 0 Å². The topological polar surface area (TPSA) is 60.9 Å². The first kappa shape index (κ1) is 21.2. The number of aliphatic hydroxyl groups is 1. The van der Waals surface area contributed by atoms with Gasteiger partial charge in [0.2, 0.25) is 11.8 Å². The van der Waals surface area contributed by atoms with Gasteiger partial charge in [-0.3, -0.25) is 9.59 Å². The Bertz CT molecular complexity index is 703. The number of benzene rings is 1. The lowest BCUT2D eigenvalue weighted by Crippen LogP contribution is -2.43. The maximum atomic E-state index is 12.7. The van der Waals surface area contributed by atoms with E-state index in [-0.39, 0.29) is 29.8 Å². The number of carbonyl (C=O) groups excluding carboxylic acids is 2. The first-order chi connectivity index (χ1) is 13.2. The van der Waals surface area contributed by atoms with Crippen LogP contribution < -0.4 is 0 Å². The van der Waals surface area contributed by atoms with Crippen LogP contribution in [-0.4, -0.2) is 65.3 Å². The highest BCUT2D eigenvalue weighted by Gasteiger charge is 2.54. The first-order valence-corrected chi connectivity index (χ1v) is 11.2. The molecule has 28 heavy (non-hydrogen) atoms. The quantitative estimate of drug-likeness (QED) is 0.741. The number of amides is 2. The van der Waals surface area contributed by atoms with E-state index in [0.717, 1.165) is 11.5 Å². The molecule has 1 aromatic carbocycles. The van der Waals surface area contributed by atoms with Crippen LogP contribution in [0.3, 0.4) is 0 Å². The fourth-order valence-electron chi connectivity index (χ4n) is 4.30. The third-order valence-corrected chi connectivity index (χ3v) is 6.96. The Balaban J connectivity index is 1.49. The minimum absolute atomic E-state index is 0.0259. The highest BCUT2D eigenvalue weighted by Crippen LogP contribution is 2.43. The van der Waals surface area contributed by atoms with Gasteiger partial charge in [0.25, 0.3) is 0 Å². The predicted molar refractivity (Wildman–Crippen MR) is 113 cm³/mol. The maximum absolute atomic E-state index is 12.7. The molecule has 6 heteroatoms. The maximum Gasteiger partial charge on any atom is 0.227 e. The second-order valence-corrected chi connectivity index (χ2v) is 10.3. The average Bonchev–Trinajstić information content (AvgIpc) is 3.19. The Kier molecular flexibility index (Phi) is 6.40. The van der Waals surface area contributed by atoms with Crippen molar-refractivity contribution in [1.29, 1.82) is 0 Å². The van der Waals surface area contributed by atoms with Crippen molar-refractivity contribution in [3.8, 4) is 0 Å². The Morgan fingerprint density at radius 2 is 1.79 bits per heavy atom.